The number of likely N-dealkylation sites (N-methyl/N-ethyl adjacent to an activating group) is 1. The first kappa shape index (κ1) is 12.0. The minimum Gasteiger partial charge on any atom is -0.395 e. The second kappa shape index (κ2) is 7.21. The van der Waals surface area contributed by atoms with E-state index in [-0.39, 0.29) is 12.6 Å². The summed E-state index contributed by atoms with van der Waals surface area (Å²) in [6.07, 6.45) is 6.80. The first-order chi connectivity index (χ1) is 6.86. The predicted molar refractivity (Wildman–Crippen MR) is 57.4 cm³/mol. The van der Waals surface area contributed by atoms with Crippen molar-refractivity contribution in [2.24, 2.45) is 0 Å². The van der Waals surface area contributed by atoms with Gasteiger partial charge in [0.2, 0.25) is 0 Å². The van der Waals surface area contributed by atoms with Crippen LogP contribution in [0.1, 0.15) is 39.0 Å². The molecule has 1 rings (SSSR count). The van der Waals surface area contributed by atoms with Crippen LogP contribution >= 0.6 is 0 Å². The van der Waals surface area contributed by atoms with Gasteiger partial charge in [0.25, 0.3) is 0 Å². The predicted octanol–water partition coefficient (Wildman–Crippen LogP) is 1.31. The molecule has 1 atom stereocenters. The summed E-state index contributed by atoms with van der Waals surface area (Å²) in [6.45, 7) is 3.75. The number of nitrogens with one attached hydrogen (secondary N) is 1. The highest BCUT2D eigenvalue weighted by molar-refractivity contribution is 4.68. The number of aliphatic hydroxyl groups is 1. The zero-order valence-electron chi connectivity index (χ0n) is 9.17. The Morgan fingerprint density at radius 1 is 1.36 bits per heavy atom. The summed E-state index contributed by atoms with van der Waals surface area (Å²) >= 11 is 0. The number of hydrogen-bond donors (Lipinski definition) is 2. The molecular formula is C11H23NO2. The lowest BCUT2D eigenvalue weighted by Gasteiger charge is -2.24. The molecule has 84 valence electrons. The fourth-order valence-corrected chi connectivity index (χ4v) is 1.95. The van der Waals surface area contributed by atoms with Crippen LogP contribution in [-0.4, -0.2) is 37.0 Å². The van der Waals surface area contributed by atoms with Gasteiger partial charge in [0.05, 0.1) is 25.4 Å². The third-order valence-corrected chi connectivity index (χ3v) is 2.80. The molecule has 1 aliphatic rings. The van der Waals surface area contributed by atoms with Crippen LogP contribution in [0.3, 0.4) is 0 Å². The minimum absolute atomic E-state index is 0.113. The van der Waals surface area contributed by atoms with Gasteiger partial charge in [-0.3, -0.25) is 0 Å². The van der Waals surface area contributed by atoms with E-state index in [0.717, 1.165) is 6.54 Å². The van der Waals surface area contributed by atoms with Gasteiger partial charge in [-0.05, 0) is 19.4 Å². The molecule has 0 aromatic carbocycles. The van der Waals surface area contributed by atoms with Gasteiger partial charge in [-0.1, -0.05) is 26.2 Å². The SMILES string of the molecule is CCNC(CO)COC1CCCCC1. The maximum Gasteiger partial charge on any atom is 0.0645 e. The highest BCUT2D eigenvalue weighted by Crippen LogP contribution is 2.20. The molecule has 14 heavy (non-hydrogen) atoms. The molecule has 1 fully saturated rings. The van der Waals surface area contributed by atoms with Gasteiger partial charge >= 0.3 is 0 Å². The topological polar surface area (TPSA) is 41.5 Å². The summed E-state index contributed by atoms with van der Waals surface area (Å²) in [5.74, 6) is 0. The van der Waals surface area contributed by atoms with Crippen molar-refractivity contribution in [3.05, 3.63) is 0 Å². The first-order valence-electron chi connectivity index (χ1n) is 5.82. The van der Waals surface area contributed by atoms with Crippen LogP contribution in [0.4, 0.5) is 0 Å². The van der Waals surface area contributed by atoms with E-state index in [0.29, 0.717) is 12.7 Å². The number of ether oxygens (including phenoxy) is 1. The van der Waals surface area contributed by atoms with Crippen LogP contribution in [0.5, 0.6) is 0 Å². The van der Waals surface area contributed by atoms with Gasteiger partial charge in [0.1, 0.15) is 0 Å². The Morgan fingerprint density at radius 3 is 2.64 bits per heavy atom. The molecule has 3 heteroatoms. The van der Waals surface area contributed by atoms with E-state index in [2.05, 4.69) is 5.32 Å². The van der Waals surface area contributed by atoms with Crippen molar-refractivity contribution in [3.63, 3.8) is 0 Å². The lowest BCUT2D eigenvalue weighted by Crippen LogP contribution is -2.38. The first-order valence-corrected chi connectivity index (χ1v) is 5.82. The Balaban J connectivity index is 2.10. The lowest BCUT2D eigenvalue weighted by molar-refractivity contribution is 0.00758. The molecule has 0 bridgehead atoms. The lowest BCUT2D eigenvalue weighted by atomic mass is 9.98. The zero-order chi connectivity index (χ0) is 10.2. The Hall–Kier alpha value is -0.120. The number of hydrogen-bond acceptors (Lipinski definition) is 3. The minimum atomic E-state index is 0.113. The molecule has 0 spiro atoms. The van der Waals surface area contributed by atoms with E-state index in [1.54, 1.807) is 0 Å². The molecule has 2 N–H and O–H groups in total. The number of aliphatic hydroxyl groups excluding tert-OH is 1. The maximum atomic E-state index is 9.04. The Labute approximate surface area is 86.8 Å². The molecule has 0 saturated heterocycles. The summed E-state index contributed by atoms with van der Waals surface area (Å²) in [5.41, 5.74) is 0. The van der Waals surface area contributed by atoms with Crippen LogP contribution in [0, 0.1) is 0 Å². The van der Waals surface area contributed by atoms with Gasteiger partial charge in [-0.25, -0.2) is 0 Å². The van der Waals surface area contributed by atoms with Crippen molar-refractivity contribution >= 4 is 0 Å². The highest BCUT2D eigenvalue weighted by atomic mass is 16.5. The maximum absolute atomic E-state index is 9.04. The largest absolute Gasteiger partial charge is 0.395 e. The van der Waals surface area contributed by atoms with Crippen LogP contribution in [0.15, 0.2) is 0 Å². The molecule has 1 saturated carbocycles. The average Bonchev–Trinajstić information content (AvgIpc) is 2.25. The van der Waals surface area contributed by atoms with E-state index >= 15 is 0 Å². The van der Waals surface area contributed by atoms with E-state index < -0.39 is 0 Å². The number of rotatable bonds is 6. The average molecular weight is 201 g/mol. The van der Waals surface area contributed by atoms with Crippen molar-refractivity contribution in [2.45, 2.75) is 51.2 Å². The molecule has 0 aromatic heterocycles. The third kappa shape index (κ3) is 4.40. The molecule has 0 aliphatic heterocycles. The highest BCUT2D eigenvalue weighted by Gasteiger charge is 2.15. The molecule has 1 aliphatic carbocycles. The summed E-state index contributed by atoms with van der Waals surface area (Å²) in [4.78, 5) is 0. The van der Waals surface area contributed by atoms with E-state index in [1.165, 1.54) is 32.1 Å². The van der Waals surface area contributed by atoms with Gasteiger partial charge in [0.15, 0.2) is 0 Å². The van der Waals surface area contributed by atoms with Crippen LogP contribution in [-0.2, 0) is 4.74 Å². The van der Waals surface area contributed by atoms with Gasteiger partial charge in [0, 0.05) is 0 Å². The quantitative estimate of drug-likeness (QED) is 0.681. The fourth-order valence-electron chi connectivity index (χ4n) is 1.95. The Bertz CT molecular complexity index is 130. The summed E-state index contributed by atoms with van der Waals surface area (Å²) in [6, 6.07) is 0.113. The second-order valence-corrected chi connectivity index (χ2v) is 4.03. The standard InChI is InChI=1S/C11H23NO2/c1-2-12-10(8-13)9-14-11-6-4-3-5-7-11/h10-13H,2-9H2,1H3. The second-order valence-electron chi connectivity index (χ2n) is 4.03. The smallest absolute Gasteiger partial charge is 0.0645 e. The molecule has 3 nitrogen and oxygen atoms in total. The van der Waals surface area contributed by atoms with Crippen LogP contribution in [0.2, 0.25) is 0 Å². The summed E-state index contributed by atoms with van der Waals surface area (Å²) in [7, 11) is 0. The van der Waals surface area contributed by atoms with E-state index in [1.807, 2.05) is 6.92 Å². The molecule has 0 aromatic rings. The van der Waals surface area contributed by atoms with E-state index in [4.69, 9.17) is 9.84 Å². The Kier molecular flexibility index (Phi) is 6.15. The molecule has 0 radical (unpaired) electrons. The van der Waals surface area contributed by atoms with Crippen molar-refractivity contribution in [2.75, 3.05) is 19.8 Å². The van der Waals surface area contributed by atoms with Crippen molar-refractivity contribution in [1.29, 1.82) is 0 Å². The molecular weight excluding hydrogens is 178 g/mol. The van der Waals surface area contributed by atoms with E-state index in [9.17, 15) is 0 Å². The van der Waals surface area contributed by atoms with Crippen LogP contribution in [0.25, 0.3) is 0 Å². The van der Waals surface area contributed by atoms with Gasteiger partial charge in [-0.15, -0.1) is 0 Å². The third-order valence-electron chi connectivity index (χ3n) is 2.80. The Morgan fingerprint density at radius 2 is 2.07 bits per heavy atom. The van der Waals surface area contributed by atoms with Gasteiger partial charge in [-0.2, -0.15) is 0 Å². The molecule has 0 amide bonds. The summed E-state index contributed by atoms with van der Waals surface area (Å²) in [5, 5.41) is 12.2. The van der Waals surface area contributed by atoms with Gasteiger partial charge < -0.3 is 15.2 Å². The van der Waals surface area contributed by atoms with Crippen molar-refractivity contribution < 1.29 is 9.84 Å². The van der Waals surface area contributed by atoms with Crippen molar-refractivity contribution in [1.82, 2.24) is 5.32 Å². The molecule has 1 unspecified atom stereocenters. The van der Waals surface area contributed by atoms with Crippen molar-refractivity contribution in [3.8, 4) is 0 Å². The monoisotopic (exact) mass is 201 g/mol. The fraction of sp³-hybridized carbons (Fsp3) is 1.00. The zero-order valence-corrected chi connectivity index (χ0v) is 9.17. The summed E-state index contributed by atoms with van der Waals surface area (Å²) < 4.78 is 5.77. The normalized spacial score (nSPS) is 21.0. The van der Waals surface area contributed by atoms with Crippen LogP contribution < -0.4 is 5.32 Å². The molecule has 0 heterocycles.